The number of amides is 1. The van der Waals surface area contributed by atoms with E-state index in [-0.39, 0.29) is 6.10 Å². The van der Waals surface area contributed by atoms with E-state index in [1.165, 1.54) is 0 Å². The van der Waals surface area contributed by atoms with Crippen LogP contribution in [0, 0.1) is 0 Å². The molecule has 0 saturated heterocycles. The molecule has 0 aliphatic heterocycles. The lowest BCUT2D eigenvalue weighted by atomic mass is 10.1. The second-order valence-corrected chi connectivity index (χ2v) is 7.85. The highest BCUT2D eigenvalue weighted by molar-refractivity contribution is 5.82. The zero-order valence-electron chi connectivity index (χ0n) is 17.4. The van der Waals surface area contributed by atoms with Crippen LogP contribution in [0.25, 0.3) is 0 Å². The van der Waals surface area contributed by atoms with Gasteiger partial charge in [0.25, 0.3) is 0 Å². The van der Waals surface area contributed by atoms with E-state index >= 15 is 0 Å². The fraction of sp³-hybridized carbons (Fsp3) is 0.636. The molecule has 1 rings (SSSR count). The summed E-state index contributed by atoms with van der Waals surface area (Å²) >= 11 is 0. The molecule has 152 valence electrons. The quantitative estimate of drug-likeness (QED) is 0.459. The molecule has 5 nitrogen and oxygen atoms in total. The number of carbonyl (C=O) groups excluding carboxylic acids is 2. The van der Waals surface area contributed by atoms with Gasteiger partial charge in [-0.1, -0.05) is 57.0 Å². The molecule has 0 heterocycles. The van der Waals surface area contributed by atoms with Crippen LogP contribution in [-0.4, -0.2) is 29.8 Å². The van der Waals surface area contributed by atoms with Crippen LogP contribution in [0.3, 0.4) is 0 Å². The number of hydrogen-bond donors (Lipinski definition) is 1. The fourth-order valence-electron chi connectivity index (χ4n) is 2.71. The molecule has 0 aliphatic carbocycles. The predicted molar refractivity (Wildman–Crippen MR) is 108 cm³/mol. The van der Waals surface area contributed by atoms with Gasteiger partial charge in [0.2, 0.25) is 0 Å². The third-order valence-electron chi connectivity index (χ3n) is 4.13. The van der Waals surface area contributed by atoms with Crippen LogP contribution >= 0.6 is 0 Å². The van der Waals surface area contributed by atoms with Crippen molar-refractivity contribution in [2.75, 3.05) is 0 Å². The monoisotopic (exact) mass is 377 g/mol. The number of alkyl carbamates (subject to hydrolysis) is 1. The largest absolute Gasteiger partial charge is 0.461 e. The lowest BCUT2D eigenvalue weighted by Crippen LogP contribution is -2.46. The maximum Gasteiger partial charge on any atom is 0.408 e. The van der Waals surface area contributed by atoms with Gasteiger partial charge in [-0.15, -0.1) is 0 Å². The van der Waals surface area contributed by atoms with Crippen LogP contribution in [0.2, 0.25) is 0 Å². The number of hydrogen-bond acceptors (Lipinski definition) is 4. The summed E-state index contributed by atoms with van der Waals surface area (Å²) in [7, 11) is 0. The molecule has 0 saturated carbocycles. The fourth-order valence-corrected chi connectivity index (χ4v) is 2.71. The number of ether oxygens (including phenoxy) is 2. The molecule has 2 atom stereocenters. The maximum atomic E-state index is 12.8. The number of esters is 1. The minimum atomic E-state index is -0.775. The first-order valence-corrected chi connectivity index (χ1v) is 9.99. The van der Waals surface area contributed by atoms with Gasteiger partial charge in [0, 0.05) is 6.42 Å². The second kappa shape index (κ2) is 11.6. The van der Waals surface area contributed by atoms with Gasteiger partial charge in [-0.05, 0) is 45.6 Å². The Morgan fingerprint density at radius 1 is 1.07 bits per heavy atom. The van der Waals surface area contributed by atoms with Crippen LogP contribution in [-0.2, 0) is 20.7 Å². The average molecular weight is 378 g/mol. The molecular formula is C22H35NO4. The lowest BCUT2D eigenvalue weighted by molar-refractivity contribution is -0.152. The molecule has 0 bridgehead atoms. The molecule has 1 aromatic carbocycles. The second-order valence-electron chi connectivity index (χ2n) is 7.85. The molecule has 0 spiro atoms. The van der Waals surface area contributed by atoms with Crippen molar-refractivity contribution in [3.05, 3.63) is 35.9 Å². The van der Waals surface area contributed by atoms with E-state index in [2.05, 4.69) is 12.2 Å². The van der Waals surface area contributed by atoms with Gasteiger partial charge < -0.3 is 14.8 Å². The van der Waals surface area contributed by atoms with Crippen molar-refractivity contribution in [2.45, 2.75) is 90.9 Å². The average Bonchev–Trinajstić information content (AvgIpc) is 2.59. The predicted octanol–water partition coefficient (Wildman–Crippen LogP) is 5.02. The summed E-state index contributed by atoms with van der Waals surface area (Å²) in [4.78, 5) is 24.9. The first kappa shape index (κ1) is 23.0. The first-order chi connectivity index (χ1) is 12.7. The Morgan fingerprint density at radius 2 is 1.74 bits per heavy atom. The third kappa shape index (κ3) is 10.0. The van der Waals surface area contributed by atoms with Crippen molar-refractivity contribution in [1.29, 1.82) is 0 Å². The topological polar surface area (TPSA) is 64.6 Å². The van der Waals surface area contributed by atoms with E-state index in [0.717, 1.165) is 37.7 Å². The lowest BCUT2D eigenvalue weighted by Gasteiger charge is -2.24. The van der Waals surface area contributed by atoms with E-state index in [1.807, 2.05) is 37.3 Å². The Labute approximate surface area is 163 Å². The number of carbonyl (C=O) groups is 2. The smallest absolute Gasteiger partial charge is 0.408 e. The van der Waals surface area contributed by atoms with E-state index in [0.29, 0.717) is 6.42 Å². The van der Waals surface area contributed by atoms with Crippen LogP contribution in [0.4, 0.5) is 4.79 Å². The standard InChI is InChI=1S/C22H35NO4/c1-6-8-10-15-18(7-2)26-20(24)19(16-17-13-11-9-12-14-17)23-21(25)27-22(3,4)5/h9,11-14,18-19H,6-8,10,15-16H2,1-5H3,(H,23,25)/t18?,19-/m0/s1. The van der Waals surface area contributed by atoms with Crippen molar-refractivity contribution >= 4 is 12.1 Å². The van der Waals surface area contributed by atoms with Gasteiger partial charge >= 0.3 is 12.1 Å². The summed E-state index contributed by atoms with van der Waals surface area (Å²) in [6, 6.07) is 8.81. The molecule has 1 N–H and O–H groups in total. The van der Waals surface area contributed by atoms with Crippen LogP contribution < -0.4 is 5.32 Å². The molecule has 0 aromatic heterocycles. The Balaban J connectivity index is 2.78. The van der Waals surface area contributed by atoms with Crippen molar-refractivity contribution in [2.24, 2.45) is 0 Å². The molecule has 0 fully saturated rings. The van der Waals surface area contributed by atoms with Crippen molar-refractivity contribution < 1.29 is 19.1 Å². The Bertz CT molecular complexity index is 565. The number of nitrogens with one attached hydrogen (secondary N) is 1. The van der Waals surface area contributed by atoms with Gasteiger partial charge in [-0.3, -0.25) is 0 Å². The molecule has 0 aliphatic rings. The minimum absolute atomic E-state index is 0.122. The molecule has 1 aromatic rings. The third-order valence-corrected chi connectivity index (χ3v) is 4.13. The summed E-state index contributed by atoms with van der Waals surface area (Å²) in [6.07, 6.45) is 4.52. The summed E-state index contributed by atoms with van der Waals surface area (Å²) < 4.78 is 11.0. The summed E-state index contributed by atoms with van der Waals surface area (Å²) in [6.45, 7) is 9.53. The van der Waals surface area contributed by atoms with Crippen LogP contribution in [0.15, 0.2) is 30.3 Å². The van der Waals surface area contributed by atoms with Crippen molar-refractivity contribution in [1.82, 2.24) is 5.32 Å². The van der Waals surface area contributed by atoms with Gasteiger partial charge in [-0.25, -0.2) is 9.59 Å². The summed E-state index contributed by atoms with van der Waals surface area (Å²) in [5.41, 5.74) is 0.326. The highest BCUT2D eigenvalue weighted by Gasteiger charge is 2.27. The van der Waals surface area contributed by atoms with E-state index < -0.39 is 23.7 Å². The van der Waals surface area contributed by atoms with Crippen molar-refractivity contribution in [3.8, 4) is 0 Å². The Kier molecular flexibility index (Phi) is 9.90. The van der Waals surface area contributed by atoms with E-state index in [1.54, 1.807) is 20.8 Å². The maximum absolute atomic E-state index is 12.8. The Morgan fingerprint density at radius 3 is 2.30 bits per heavy atom. The first-order valence-electron chi connectivity index (χ1n) is 9.99. The molecule has 5 heteroatoms. The zero-order chi connectivity index (χ0) is 20.3. The SMILES string of the molecule is CCCCCC(CC)OC(=O)[C@H](Cc1ccccc1)NC(=O)OC(C)(C)C. The van der Waals surface area contributed by atoms with Gasteiger partial charge in [0.1, 0.15) is 17.7 Å². The molecule has 1 amide bonds. The summed E-state index contributed by atoms with van der Waals surface area (Å²) in [5.74, 6) is -0.409. The van der Waals surface area contributed by atoms with Crippen LogP contribution in [0.5, 0.6) is 0 Å². The molecule has 0 radical (unpaired) electrons. The molecular weight excluding hydrogens is 342 g/mol. The number of benzene rings is 1. The van der Waals surface area contributed by atoms with Gasteiger partial charge in [0.15, 0.2) is 0 Å². The number of unbranched alkanes of at least 4 members (excludes halogenated alkanes) is 2. The highest BCUT2D eigenvalue weighted by atomic mass is 16.6. The van der Waals surface area contributed by atoms with Gasteiger partial charge in [-0.2, -0.15) is 0 Å². The van der Waals surface area contributed by atoms with Crippen molar-refractivity contribution in [3.63, 3.8) is 0 Å². The number of rotatable bonds is 10. The van der Waals surface area contributed by atoms with E-state index in [9.17, 15) is 9.59 Å². The van der Waals surface area contributed by atoms with Gasteiger partial charge in [0.05, 0.1) is 0 Å². The molecule has 27 heavy (non-hydrogen) atoms. The zero-order valence-corrected chi connectivity index (χ0v) is 17.4. The van der Waals surface area contributed by atoms with E-state index in [4.69, 9.17) is 9.47 Å². The highest BCUT2D eigenvalue weighted by Crippen LogP contribution is 2.14. The Hall–Kier alpha value is -2.04. The molecule has 1 unspecified atom stereocenters. The minimum Gasteiger partial charge on any atom is -0.461 e. The summed E-state index contributed by atoms with van der Waals surface area (Å²) in [5, 5.41) is 2.68. The normalized spacial score (nSPS) is 13.5. The van der Waals surface area contributed by atoms with Crippen LogP contribution in [0.1, 0.15) is 72.3 Å².